The highest BCUT2D eigenvalue weighted by molar-refractivity contribution is 6.31. The summed E-state index contributed by atoms with van der Waals surface area (Å²) in [5, 5.41) is 18.4. The van der Waals surface area contributed by atoms with E-state index in [1.807, 2.05) is 30.3 Å². The average molecular weight is 428 g/mol. The zero-order chi connectivity index (χ0) is 21.3. The van der Waals surface area contributed by atoms with Crippen molar-refractivity contribution in [2.75, 3.05) is 11.9 Å². The van der Waals surface area contributed by atoms with E-state index in [2.05, 4.69) is 15.4 Å². The van der Waals surface area contributed by atoms with Crippen LogP contribution in [0.5, 0.6) is 5.75 Å². The van der Waals surface area contributed by atoms with Crippen molar-refractivity contribution < 1.29 is 14.6 Å². The maximum atomic E-state index is 13.0. The third-order valence-corrected chi connectivity index (χ3v) is 5.27. The standard InChI is InChI=1S/C21H22ClN5O3/c1-13-17(21(29)26(2)19-16(30-13)9-6-10-23-19)24-20(28)18-15(22)12-27(25-18)11-14-7-4-3-5-8-14/h3-10,12-13,17,20,24,28H,11H2,1-2H3/t13-,17+,20?/m1/s1. The number of likely N-dealkylation sites (N-methyl/N-ethyl adjacent to an activating group) is 1. The Hall–Kier alpha value is -2.94. The Balaban J connectivity index is 1.52. The van der Waals surface area contributed by atoms with Crippen molar-refractivity contribution in [1.29, 1.82) is 0 Å². The summed E-state index contributed by atoms with van der Waals surface area (Å²) >= 11 is 6.31. The van der Waals surface area contributed by atoms with Gasteiger partial charge in [-0.05, 0) is 24.6 Å². The molecule has 156 valence electrons. The molecule has 3 aromatic rings. The third kappa shape index (κ3) is 4.02. The van der Waals surface area contributed by atoms with E-state index >= 15 is 0 Å². The van der Waals surface area contributed by atoms with Crippen LogP contribution in [0.3, 0.4) is 0 Å². The first-order valence-electron chi connectivity index (χ1n) is 9.54. The van der Waals surface area contributed by atoms with Crippen LogP contribution in [0.1, 0.15) is 24.4 Å². The van der Waals surface area contributed by atoms with Gasteiger partial charge >= 0.3 is 0 Å². The van der Waals surface area contributed by atoms with Gasteiger partial charge in [0.1, 0.15) is 17.8 Å². The second-order valence-corrected chi connectivity index (χ2v) is 7.54. The maximum Gasteiger partial charge on any atom is 0.249 e. The first-order valence-corrected chi connectivity index (χ1v) is 9.92. The number of rotatable bonds is 5. The number of aliphatic hydroxyl groups excluding tert-OH is 1. The van der Waals surface area contributed by atoms with Gasteiger partial charge in [-0.3, -0.25) is 19.7 Å². The maximum absolute atomic E-state index is 13.0. The molecule has 9 heteroatoms. The molecule has 0 saturated carbocycles. The number of nitrogens with one attached hydrogen (secondary N) is 1. The van der Waals surface area contributed by atoms with Crippen molar-refractivity contribution in [1.82, 2.24) is 20.1 Å². The number of anilines is 1. The molecule has 2 N–H and O–H groups in total. The number of hydrogen-bond acceptors (Lipinski definition) is 6. The predicted molar refractivity (Wildman–Crippen MR) is 112 cm³/mol. The summed E-state index contributed by atoms with van der Waals surface area (Å²) in [7, 11) is 1.62. The van der Waals surface area contributed by atoms with Gasteiger partial charge in [0, 0.05) is 19.4 Å². The van der Waals surface area contributed by atoms with Crippen molar-refractivity contribution in [3.63, 3.8) is 0 Å². The Bertz CT molecular complexity index is 1040. The van der Waals surface area contributed by atoms with Crippen molar-refractivity contribution >= 4 is 23.3 Å². The van der Waals surface area contributed by atoms with Gasteiger partial charge in [-0.25, -0.2) is 4.98 Å². The molecule has 0 spiro atoms. The number of fused-ring (bicyclic) bond motifs is 1. The second kappa shape index (κ2) is 8.43. The van der Waals surface area contributed by atoms with Gasteiger partial charge in [0.05, 0.1) is 11.6 Å². The van der Waals surface area contributed by atoms with Crippen LogP contribution in [0.2, 0.25) is 5.02 Å². The van der Waals surface area contributed by atoms with E-state index in [0.29, 0.717) is 23.1 Å². The van der Waals surface area contributed by atoms with Crippen molar-refractivity contribution in [3.05, 3.63) is 71.1 Å². The van der Waals surface area contributed by atoms with Crippen molar-refractivity contribution in [3.8, 4) is 5.75 Å². The summed E-state index contributed by atoms with van der Waals surface area (Å²) in [5.74, 6) is 0.655. The van der Waals surface area contributed by atoms with Crippen LogP contribution in [-0.2, 0) is 11.3 Å². The minimum absolute atomic E-state index is 0.245. The molecule has 30 heavy (non-hydrogen) atoms. The van der Waals surface area contributed by atoms with E-state index in [4.69, 9.17) is 16.3 Å². The number of carbonyl (C=O) groups excluding carboxylic acids is 1. The highest BCUT2D eigenvalue weighted by Gasteiger charge is 2.37. The van der Waals surface area contributed by atoms with Gasteiger partial charge in [-0.15, -0.1) is 0 Å². The number of ether oxygens (including phenoxy) is 1. The fourth-order valence-corrected chi connectivity index (χ4v) is 3.67. The predicted octanol–water partition coefficient (Wildman–Crippen LogP) is 2.37. The Morgan fingerprint density at radius 2 is 2.03 bits per heavy atom. The molecule has 1 unspecified atom stereocenters. The van der Waals surface area contributed by atoms with Crippen LogP contribution < -0.4 is 15.0 Å². The minimum atomic E-state index is -1.25. The molecular weight excluding hydrogens is 406 g/mol. The molecule has 3 heterocycles. The highest BCUT2D eigenvalue weighted by Crippen LogP contribution is 2.30. The lowest BCUT2D eigenvalue weighted by atomic mass is 10.1. The molecule has 1 aliphatic heterocycles. The number of aliphatic hydroxyl groups is 1. The summed E-state index contributed by atoms with van der Waals surface area (Å²) in [4.78, 5) is 18.6. The lowest BCUT2D eigenvalue weighted by molar-refractivity contribution is -0.123. The van der Waals surface area contributed by atoms with E-state index in [-0.39, 0.29) is 11.6 Å². The number of pyridine rings is 1. The molecule has 2 aromatic heterocycles. The van der Waals surface area contributed by atoms with Gasteiger partial charge in [-0.1, -0.05) is 41.9 Å². The molecule has 1 aromatic carbocycles. The van der Waals surface area contributed by atoms with Gasteiger partial charge < -0.3 is 9.84 Å². The summed E-state index contributed by atoms with van der Waals surface area (Å²) in [6.45, 7) is 2.27. The monoisotopic (exact) mass is 427 g/mol. The van der Waals surface area contributed by atoms with E-state index in [1.54, 1.807) is 43.2 Å². The van der Waals surface area contributed by atoms with E-state index < -0.39 is 18.4 Å². The first-order chi connectivity index (χ1) is 14.4. The summed E-state index contributed by atoms with van der Waals surface area (Å²) in [6, 6.07) is 12.5. The smallest absolute Gasteiger partial charge is 0.249 e. The van der Waals surface area contributed by atoms with E-state index in [9.17, 15) is 9.90 Å². The number of amides is 1. The van der Waals surface area contributed by atoms with Crippen LogP contribution in [-0.4, -0.2) is 45.0 Å². The Labute approximate surface area is 179 Å². The number of hydrogen-bond donors (Lipinski definition) is 2. The van der Waals surface area contributed by atoms with Crippen molar-refractivity contribution in [2.45, 2.75) is 31.8 Å². The van der Waals surface area contributed by atoms with Gasteiger partial charge in [0.15, 0.2) is 17.8 Å². The normalized spacial score (nSPS) is 19.7. The molecule has 0 aliphatic carbocycles. The third-order valence-electron chi connectivity index (χ3n) is 4.97. The van der Waals surface area contributed by atoms with Crippen molar-refractivity contribution in [2.24, 2.45) is 0 Å². The van der Waals surface area contributed by atoms with Crippen LogP contribution >= 0.6 is 11.6 Å². The highest BCUT2D eigenvalue weighted by atomic mass is 35.5. The molecule has 8 nitrogen and oxygen atoms in total. The lowest BCUT2D eigenvalue weighted by Gasteiger charge is -2.25. The molecule has 4 rings (SSSR count). The fraction of sp³-hybridized carbons (Fsp3) is 0.286. The average Bonchev–Trinajstić information content (AvgIpc) is 3.08. The molecule has 1 amide bonds. The topological polar surface area (TPSA) is 92.5 Å². The quantitative estimate of drug-likeness (QED) is 0.607. The zero-order valence-electron chi connectivity index (χ0n) is 16.6. The van der Waals surface area contributed by atoms with Gasteiger partial charge in [-0.2, -0.15) is 5.10 Å². The number of benzene rings is 1. The largest absolute Gasteiger partial charge is 0.485 e. The Kier molecular flexibility index (Phi) is 5.72. The summed E-state index contributed by atoms with van der Waals surface area (Å²) in [6.07, 6.45) is 1.44. The molecule has 1 aliphatic rings. The number of nitrogens with zero attached hydrogens (tertiary/aromatic N) is 4. The van der Waals surface area contributed by atoms with Crippen LogP contribution in [0, 0.1) is 0 Å². The number of carbonyl (C=O) groups is 1. The first kappa shape index (κ1) is 20.3. The van der Waals surface area contributed by atoms with Crippen LogP contribution in [0.25, 0.3) is 0 Å². The Morgan fingerprint density at radius 1 is 1.27 bits per heavy atom. The van der Waals surface area contributed by atoms with E-state index in [1.165, 1.54) is 4.90 Å². The zero-order valence-corrected chi connectivity index (χ0v) is 17.3. The second-order valence-electron chi connectivity index (χ2n) is 7.14. The van der Waals surface area contributed by atoms with Gasteiger partial charge in [0.2, 0.25) is 5.91 Å². The van der Waals surface area contributed by atoms with Crippen LogP contribution in [0.15, 0.2) is 54.9 Å². The fourth-order valence-electron chi connectivity index (χ4n) is 3.41. The molecule has 0 fully saturated rings. The van der Waals surface area contributed by atoms with Crippen LogP contribution in [0.4, 0.5) is 5.82 Å². The van der Waals surface area contributed by atoms with Gasteiger partial charge in [0.25, 0.3) is 0 Å². The molecule has 0 radical (unpaired) electrons. The Morgan fingerprint density at radius 3 is 2.80 bits per heavy atom. The molecular formula is C21H22ClN5O3. The number of aromatic nitrogens is 3. The molecule has 3 atom stereocenters. The molecule has 0 saturated heterocycles. The minimum Gasteiger partial charge on any atom is -0.485 e. The number of halogens is 1. The summed E-state index contributed by atoms with van der Waals surface area (Å²) < 4.78 is 7.56. The molecule has 0 bridgehead atoms. The SMILES string of the molecule is C[C@H]1Oc2cccnc2N(C)C(=O)[C@H]1NC(O)c1nn(Cc2ccccc2)cc1Cl. The lowest BCUT2D eigenvalue weighted by Crippen LogP contribution is -2.52. The van der Waals surface area contributed by atoms with E-state index in [0.717, 1.165) is 5.56 Å². The summed E-state index contributed by atoms with van der Waals surface area (Å²) in [5.41, 5.74) is 1.30.